The molecule has 5 heteroatoms. The molecule has 2 atom stereocenters. The SMILES string of the molecule is CC1=CC[C@H]2[C@H](C1)c1c(O)cc(/C(C)=N/OCCCCF)cc1OC2(C)C. The van der Waals surface area contributed by atoms with Crippen LogP contribution in [0.3, 0.4) is 0 Å². The lowest BCUT2D eigenvalue weighted by Crippen LogP contribution is -2.45. The first-order valence-corrected chi connectivity index (χ1v) is 9.78. The van der Waals surface area contributed by atoms with Crippen molar-refractivity contribution in [3.05, 3.63) is 34.9 Å². The number of phenols is 1. The van der Waals surface area contributed by atoms with Gasteiger partial charge in [-0.25, -0.2) is 0 Å². The lowest BCUT2D eigenvalue weighted by molar-refractivity contribution is 0.00760. The van der Waals surface area contributed by atoms with Crippen molar-refractivity contribution < 1.29 is 19.1 Å². The zero-order chi connectivity index (χ0) is 19.6. The minimum Gasteiger partial charge on any atom is -0.507 e. The summed E-state index contributed by atoms with van der Waals surface area (Å²) < 4.78 is 18.4. The number of benzene rings is 1. The molecule has 1 heterocycles. The first-order valence-electron chi connectivity index (χ1n) is 9.78. The quantitative estimate of drug-likeness (QED) is 0.309. The van der Waals surface area contributed by atoms with Crippen LogP contribution in [0.2, 0.25) is 0 Å². The zero-order valence-corrected chi connectivity index (χ0v) is 16.7. The Morgan fingerprint density at radius 3 is 2.89 bits per heavy atom. The van der Waals surface area contributed by atoms with Gasteiger partial charge in [-0.2, -0.15) is 0 Å². The highest BCUT2D eigenvalue weighted by Gasteiger charge is 2.45. The third-order valence-corrected chi connectivity index (χ3v) is 5.74. The second kappa shape index (κ2) is 7.91. The average Bonchev–Trinajstić information content (AvgIpc) is 2.60. The Morgan fingerprint density at radius 1 is 1.37 bits per heavy atom. The Morgan fingerprint density at radius 2 is 2.15 bits per heavy atom. The van der Waals surface area contributed by atoms with Crippen molar-refractivity contribution in [2.45, 2.75) is 64.9 Å². The van der Waals surface area contributed by atoms with E-state index in [0.29, 0.717) is 31.1 Å². The molecule has 0 spiro atoms. The number of rotatable bonds is 6. The van der Waals surface area contributed by atoms with Crippen molar-refractivity contribution >= 4 is 5.71 Å². The molecule has 1 aromatic carbocycles. The fourth-order valence-corrected chi connectivity index (χ4v) is 4.23. The maximum Gasteiger partial charge on any atom is 0.127 e. The molecule has 1 N–H and O–H groups in total. The topological polar surface area (TPSA) is 51.1 Å². The van der Waals surface area contributed by atoms with E-state index in [1.54, 1.807) is 6.07 Å². The molecule has 0 amide bonds. The van der Waals surface area contributed by atoms with E-state index in [1.165, 1.54) is 5.57 Å². The molecule has 0 unspecified atom stereocenters. The second-order valence-corrected chi connectivity index (χ2v) is 8.22. The monoisotopic (exact) mass is 375 g/mol. The van der Waals surface area contributed by atoms with Crippen LogP contribution in [0.25, 0.3) is 0 Å². The number of halogens is 1. The van der Waals surface area contributed by atoms with Gasteiger partial charge < -0.3 is 14.7 Å². The smallest absolute Gasteiger partial charge is 0.127 e. The van der Waals surface area contributed by atoms with E-state index in [4.69, 9.17) is 9.57 Å². The Kier molecular flexibility index (Phi) is 5.78. The fourth-order valence-electron chi connectivity index (χ4n) is 4.23. The van der Waals surface area contributed by atoms with Crippen LogP contribution in [0.1, 0.15) is 70.4 Å². The van der Waals surface area contributed by atoms with Crippen molar-refractivity contribution in [1.82, 2.24) is 0 Å². The lowest BCUT2D eigenvalue weighted by atomic mass is 9.67. The number of fused-ring (bicyclic) bond motifs is 3. The fraction of sp³-hybridized carbons (Fsp3) is 0.591. The van der Waals surface area contributed by atoms with E-state index in [2.05, 4.69) is 32.0 Å². The van der Waals surface area contributed by atoms with Gasteiger partial charge in [0.2, 0.25) is 0 Å². The molecule has 2 aliphatic rings. The summed E-state index contributed by atoms with van der Waals surface area (Å²) in [5, 5.41) is 14.9. The molecule has 0 radical (unpaired) electrons. The predicted molar refractivity (Wildman–Crippen MR) is 105 cm³/mol. The molecule has 4 nitrogen and oxygen atoms in total. The van der Waals surface area contributed by atoms with Gasteiger partial charge in [-0.3, -0.25) is 4.39 Å². The van der Waals surface area contributed by atoms with E-state index in [1.807, 2.05) is 13.0 Å². The van der Waals surface area contributed by atoms with Crippen LogP contribution in [0.15, 0.2) is 28.9 Å². The standard InChI is InChI=1S/C22H30FNO3/c1-14-7-8-18-17(11-14)21-19(25)12-16(13-20(21)27-22(18,3)4)15(2)24-26-10-6-5-9-23/h7,12-13,17-18,25H,5-6,8-11H2,1-4H3/b24-15+/t17-,18-/m0/s1. The summed E-state index contributed by atoms with van der Waals surface area (Å²) in [6, 6.07) is 3.69. The number of aromatic hydroxyl groups is 1. The lowest BCUT2D eigenvalue weighted by Gasteiger charge is -2.47. The number of nitrogens with zero attached hydrogens (tertiary/aromatic N) is 1. The Hall–Kier alpha value is -2.04. The Bertz CT molecular complexity index is 754. The molecule has 1 aromatic rings. The predicted octanol–water partition coefficient (Wildman–Crippen LogP) is 5.49. The van der Waals surface area contributed by atoms with Gasteiger partial charge in [0.05, 0.1) is 12.4 Å². The summed E-state index contributed by atoms with van der Waals surface area (Å²) in [5.74, 6) is 1.60. The van der Waals surface area contributed by atoms with Crippen LogP contribution in [0, 0.1) is 5.92 Å². The molecule has 27 heavy (non-hydrogen) atoms. The van der Waals surface area contributed by atoms with E-state index in [0.717, 1.165) is 29.7 Å². The van der Waals surface area contributed by atoms with Crippen molar-refractivity contribution in [3.8, 4) is 11.5 Å². The van der Waals surface area contributed by atoms with Gasteiger partial charge in [-0.05, 0) is 65.5 Å². The third kappa shape index (κ3) is 4.12. The van der Waals surface area contributed by atoms with Crippen LogP contribution in [0.5, 0.6) is 11.5 Å². The van der Waals surface area contributed by atoms with Crippen molar-refractivity contribution in [3.63, 3.8) is 0 Å². The van der Waals surface area contributed by atoms with Gasteiger partial charge in [0.25, 0.3) is 0 Å². The van der Waals surface area contributed by atoms with E-state index >= 15 is 0 Å². The van der Waals surface area contributed by atoms with Crippen molar-refractivity contribution in [2.75, 3.05) is 13.3 Å². The summed E-state index contributed by atoms with van der Waals surface area (Å²) in [6.07, 6.45) is 5.32. The highest BCUT2D eigenvalue weighted by molar-refractivity contribution is 5.99. The summed E-state index contributed by atoms with van der Waals surface area (Å²) in [5.41, 5.74) is 3.41. The first kappa shape index (κ1) is 19.7. The van der Waals surface area contributed by atoms with Crippen LogP contribution >= 0.6 is 0 Å². The molecule has 1 aliphatic carbocycles. The molecule has 1 aliphatic heterocycles. The number of allylic oxidation sites excluding steroid dienone is 2. The molecule has 0 aromatic heterocycles. The van der Waals surface area contributed by atoms with E-state index in [9.17, 15) is 9.50 Å². The summed E-state index contributed by atoms with van der Waals surface area (Å²) in [6.45, 7) is 8.29. The van der Waals surface area contributed by atoms with Gasteiger partial charge in [0.1, 0.15) is 23.7 Å². The first-order chi connectivity index (χ1) is 12.8. The third-order valence-electron chi connectivity index (χ3n) is 5.74. The minimum atomic E-state index is -0.339. The van der Waals surface area contributed by atoms with E-state index < -0.39 is 0 Å². The molecule has 0 bridgehead atoms. The zero-order valence-electron chi connectivity index (χ0n) is 16.7. The Labute approximate surface area is 161 Å². The highest BCUT2D eigenvalue weighted by Crippen LogP contribution is 2.54. The molecular weight excluding hydrogens is 345 g/mol. The number of hydrogen-bond acceptors (Lipinski definition) is 4. The number of ether oxygens (including phenoxy) is 1. The number of unbranched alkanes of at least 4 members (excludes halogenated alkanes) is 1. The Balaban J connectivity index is 1.88. The number of oxime groups is 1. The highest BCUT2D eigenvalue weighted by atomic mass is 19.1. The van der Waals surface area contributed by atoms with Crippen molar-refractivity contribution in [2.24, 2.45) is 11.1 Å². The maximum atomic E-state index is 12.1. The van der Waals surface area contributed by atoms with Gasteiger partial charge in [0.15, 0.2) is 0 Å². The number of phenolic OH excluding ortho intramolecular Hbond substituents is 1. The van der Waals surface area contributed by atoms with Crippen LogP contribution in [-0.2, 0) is 4.84 Å². The number of hydrogen-bond donors (Lipinski definition) is 1. The minimum absolute atomic E-state index is 0.259. The molecule has 148 valence electrons. The molecule has 0 saturated heterocycles. The van der Waals surface area contributed by atoms with Gasteiger partial charge in [-0.1, -0.05) is 16.8 Å². The van der Waals surface area contributed by atoms with Gasteiger partial charge >= 0.3 is 0 Å². The summed E-state index contributed by atoms with van der Waals surface area (Å²) in [7, 11) is 0. The van der Waals surface area contributed by atoms with Crippen LogP contribution < -0.4 is 4.74 Å². The second-order valence-electron chi connectivity index (χ2n) is 8.22. The molecule has 0 saturated carbocycles. The van der Waals surface area contributed by atoms with Crippen LogP contribution in [0.4, 0.5) is 4.39 Å². The van der Waals surface area contributed by atoms with Crippen molar-refractivity contribution in [1.29, 1.82) is 0 Å². The average molecular weight is 375 g/mol. The maximum absolute atomic E-state index is 12.1. The normalized spacial score (nSPS) is 23.7. The van der Waals surface area contributed by atoms with Gasteiger partial charge in [-0.15, -0.1) is 0 Å². The largest absolute Gasteiger partial charge is 0.507 e. The summed E-state index contributed by atoms with van der Waals surface area (Å²) >= 11 is 0. The van der Waals surface area contributed by atoms with Gasteiger partial charge in [0, 0.05) is 23.0 Å². The molecule has 3 rings (SSSR count). The van der Waals surface area contributed by atoms with E-state index in [-0.39, 0.29) is 23.9 Å². The number of alkyl halides is 1. The molecular formula is C22H30FNO3. The summed E-state index contributed by atoms with van der Waals surface area (Å²) in [4.78, 5) is 5.27. The molecule has 0 fully saturated rings. The van der Waals surface area contributed by atoms with Crippen LogP contribution in [-0.4, -0.2) is 29.7 Å².